The molecule has 0 atom stereocenters. The van der Waals surface area contributed by atoms with E-state index in [0.717, 1.165) is 55.7 Å². The Hall–Kier alpha value is -6.94. The van der Waals surface area contributed by atoms with Crippen molar-refractivity contribution >= 4 is 81.3 Å². The van der Waals surface area contributed by atoms with Crippen LogP contribution in [0.3, 0.4) is 0 Å². The van der Waals surface area contributed by atoms with Gasteiger partial charge in [0.2, 0.25) is 0 Å². The summed E-state index contributed by atoms with van der Waals surface area (Å²) in [6, 6.07) is 72.2. The van der Waals surface area contributed by atoms with Crippen molar-refractivity contribution in [3.8, 4) is 33.4 Å². The Morgan fingerprint density at radius 1 is 0.382 bits per heavy atom. The lowest BCUT2D eigenvalue weighted by Gasteiger charge is -2.30. The van der Waals surface area contributed by atoms with Crippen LogP contribution in [0.1, 0.15) is 0 Å². The Kier molecular flexibility index (Phi) is 7.39. The van der Waals surface area contributed by atoms with Gasteiger partial charge >= 0.3 is 0 Å². The van der Waals surface area contributed by atoms with Crippen molar-refractivity contribution in [3.63, 3.8) is 0 Å². The van der Waals surface area contributed by atoms with E-state index >= 15 is 0 Å². The third kappa shape index (κ3) is 5.24. The molecule has 9 aromatic carbocycles. The average Bonchev–Trinajstić information content (AvgIpc) is 3.83. The second-order valence-corrected chi connectivity index (χ2v) is 15.1. The zero-order chi connectivity index (χ0) is 36.3. The van der Waals surface area contributed by atoms with Crippen LogP contribution >= 0.6 is 11.3 Å². The predicted octanol–water partition coefficient (Wildman–Crippen LogP) is 15.6. The Morgan fingerprint density at radius 3 is 1.91 bits per heavy atom. The molecule has 2 nitrogen and oxygen atoms in total. The second-order valence-electron chi connectivity index (χ2n) is 14.0. The number of furan rings is 1. The van der Waals surface area contributed by atoms with Gasteiger partial charge in [-0.15, -0.1) is 11.3 Å². The van der Waals surface area contributed by atoms with Crippen LogP contribution in [0.15, 0.2) is 205 Å². The van der Waals surface area contributed by atoms with E-state index in [4.69, 9.17) is 4.42 Å². The summed E-state index contributed by atoms with van der Waals surface area (Å²) in [4.78, 5) is 2.44. The van der Waals surface area contributed by atoms with Crippen LogP contribution in [0.4, 0.5) is 17.1 Å². The number of hydrogen-bond acceptors (Lipinski definition) is 3. The minimum absolute atomic E-state index is 0.892. The van der Waals surface area contributed by atoms with Crippen LogP contribution in [0.5, 0.6) is 0 Å². The van der Waals surface area contributed by atoms with Gasteiger partial charge in [0.15, 0.2) is 0 Å². The van der Waals surface area contributed by atoms with Crippen LogP contribution in [0.2, 0.25) is 0 Å². The van der Waals surface area contributed by atoms with Gasteiger partial charge in [0.1, 0.15) is 11.2 Å². The Morgan fingerprint density at radius 2 is 1.00 bits per heavy atom. The Balaban J connectivity index is 1.17. The molecule has 3 heteroatoms. The summed E-state index contributed by atoms with van der Waals surface area (Å²) in [5.74, 6) is 0. The first-order valence-electron chi connectivity index (χ1n) is 18.7. The lowest BCUT2D eigenvalue weighted by molar-refractivity contribution is 0.670. The van der Waals surface area contributed by atoms with Gasteiger partial charge < -0.3 is 9.32 Å². The number of hydrogen-bond donors (Lipinski definition) is 0. The van der Waals surface area contributed by atoms with Gasteiger partial charge in [-0.2, -0.15) is 0 Å². The van der Waals surface area contributed by atoms with E-state index < -0.39 is 0 Å². The molecule has 0 spiro atoms. The van der Waals surface area contributed by atoms with E-state index in [1.807, 2.05) is 17.4 Å². The first kappa shape index (κ1) is 31.6. The fourth-order valence-corrected chi connectivity index (χ4v) is 9.49. The van der Waals surface area contributed by atoms with Crippen molar-refractivity contribution in [2.24, 2.45) is 0 Å². The fraction of sp³-hybridized carbons (Fsp3) is 0. The number of nitrogens with zero attached hydrogens (tertiary/aromatic N) is 1. The van der Waals surface area contributed by atoms with Crippen LogP contribution < -0.4 is 4.90 Å². The molecule has 55 heavy (non-hydrogen) atoms. The maximum absolute atomic E-state index is 6.65. The molecule has 0 fully saturated rings. The minimum atomic E-state index is 0.892. The van der Waals surface area contributed by atoms with E-state index in [0.29, 0.717) is 0 Å². The molecular weight excluding hydrogens is 687 g/mol. The summed E-state index contributed by atoms with van der Waals surface area (Å²) in [5.41, 5.74) is 11.9. The van der Waals surface area contributed by atoms with Gasteiger partial charge in [-0.05, 0) is 76.0 Å². The first-order valence-corrected chi connectivity index (χ1v) is 19.5. The number of anilines is 3. The molecule has 0 saturated heterocycles. The molecule has 2 heterocycles. The molecule has 0 aliphatic heterocycles. The van der Waals surface area contributed by atoms with Crippen LogP contribution in [0, 0.1) is 0 Å². The highest BCUT2D eigenvalue weighted by Crippen LogP contribution is 2.48. The highest BCUT2D eigenvalue weighted by Gasteiger charge is 2.23. The average molecular weight is 720 g/mol. The molecule has 11 rings (SSSR count). The van der Waals surface area contributed by atoms with Gasteiger partial charge in [-0.1, -0.05) is 152 Å². The number of fused-ring (bicyclic) bond motifs is 7. The SMILES string of the molecule is c1cc(-c2cccc3sc4ccccc4c23)cc(N(c2ccccc2-c2ccc3ccccc3c2)c2ccccc2-c2cccc3c2oc2ccccc23)c1. The van der Waals surface area contributed by atoms with E-state index in [1.54, 1.807) is 0 Å². The van der Waals surface area contributed by atoms with E-state index in [-0.39, 0.29) is 0 Å². The summed E-state index contributed by atoms with van der Waals surface area (Å²) in [7, 11) is 0. The zero-order valence-corrected chi connectivity index (χ0v) is 30.6. The lowest BCUT2D eigenvalue weighted by Crippen LogP contribution is -2.12. The number of para-hydroxylation sites is 4. The topological polar surface area (TPSA) is 16.4 Å². The van der Waals surface area contributed by atoms with Crippen molar-refractivity contribution in [2.75, 3.05) is 4.90 Å². The smallest absolute Gasteiger partial charge is 0.143 e. The molecule has 0 aliphatic rings. The molecule has 0 aliphatic carbocycles. The van der Waals surface area contributed by atoms with E-state index in [2.05, 4.69) is 199 Å². The zero-order valence-electron chi connectivity index (χ0n) is 29.8. The maximum atomic E-state index is 6.65. The maximum Gasteiger partial charge on any atom is 0.143 e. The molecule has 0 bridgehead atoms. The van der Waals surface area contributed by atoms with Crippen molar-refractivity contribution in [1.82, 2.24) is 0 Å². The third-order valence-corrected chi connectivity index (χ3v) is 12.0. The Labute approximate surface area is 322 Å². The highest BCUT2D eigenvalue weighted by atomic mass is 32.1. The number of rotatable bonds is 6. The molecule has 0 radical (unpaired) electrons. The molecule has 0 saturated carbocycles. The summed E-state index contributed by atoms with van der Waals surface area (Å²) < 4.78 is 9.25. The Bertz CT molecular complexity index is 3240. The third-order valence-electron chi connectivity index (χ3n) is 10.9. The van der Waals surface area contributed by atoms with Gasteiger partial charge in [-0.25, -0.2) is 0 Å². The van der Waals surface area contributed by atoms with Crippen molar-refractivity contribution in [1.29, 1.82) is 0 Å². The second kappa shape index (κ2) is 12.9. The van der Waals surface area contributed by atoms with E-state index in [9.17, 15) is 0 Å². The highest BCUT2D eigenvalue weighted by molar-refractivity contribution is 7.25. The van der Waals surface area contributed by atoms with Gasteiger partial charge in [0.25, 0.3) is 0 Å². The van der Waals surface area contributed by atoms with Crippen molar-refractivity contribution < 1.29 is 4.42 Å². The number of thiophene rings is 1. The molecule has 0 amide bonds. The van der Waals surface area contributed by atoms with Crippen LogP contribution in [-0.2, 0) is 0 Å². The summed E-state index contributed by atoms with van der Waals surface area (Å²) >= 11 is 1.86. The molecule has 0 N–H and O–H groups in total. The summed E-state index contributed by atoms with van der Waals surface area (Å²) in [5, 5.41) is 7.29. The quantitative estimate of drug-likeness (QED) is 0.170. The normalized spacial score (nSPS) is 11.6. The molecule has 258 valence electrons. The molecule has 0 unspecified atom stereocenters. The van der Waals surface area contributed by atoms with Crippen molar-refractivity contribution in [2.45, 2.75) is 0 Å². The van der Waals surface area contributed by atoms with Gasteiger partial charge in [0.05, 0.1) is 11.4 Å². The summed E-state index contributed by atoms with van der Waals surface area (Å²) in [6.45, 7) is 0. The van der Waals surface area contributed by atoms with Gasteiger partial charge in [-0.3, -0.25) is 0 Å². The van der Waals surface area contributed by atoms with Crippen molar-refractivity contribution in [3.05, 3.63) is 200 Å². The van der Waals surface area contributed by atoms with Crippen LogP contribution in [-0.4, -0.2) is 0 Å². The lowest BCUT2D eigenvalue weighted by atomic mass is 9.95. The molecule has 2 aromatic heterocycles. The molecule has 11 aromatic rings. The fourth-order valence-electron chi connectivity index (χ4n) is 8.36. The first-order chi connectivity index (χ1) is 27.3. The standard InChI is InChI=1S/C52H33NOS/c1-2-15-35-32-37(31-30-34(35)14-1)39-18-3-7-25-46(39)53(38-17-11-16-36(33-38)40-22-13-29-50-51(40)45-21-6-10-28-49(45)55-50)47-26-8-4-19-41(47)43-23-12-24-44-42-20-5-9-27-48(42)54-52(43)44/h1-33H. The monoisotopic (exact) mass is 719 g/mol. The predicted molar refractivity (Wildman–Crippen MR) is 235 cm³/mol. The molecular formula is C52H33NOS. The van der Waals surface area contributed by atoms with Crippen LogP contribution in [0.25, 0.3) is 86.3 Å². The minimum Gasteiger partial charge on any atom is -0.455 e. The summed E-state index contributed by atoms with van der Waals surface area (Å²) in [6.07, 6.45) is 0. The van der Waals surface area contributed by atoms with E-state index in [1.165, 1.54) is 47.6 Å². The largest absolute Gasteiger partial charge is 0.455 e. The number of benzene rings is 9. The van der Waals surface area contributed by atoms with Gasteiger partial charge in [0, 0.05) is 53.3 Å².